The molecule has 3 aromatic rings. The number of nitrogens with one attached hydrogen (secondary N) is 1. The highest BCUT2D eigenvalue weighted by atomic mass is 32.2. The second-order valence-electron chi connectivity index (χ2n) is 6.67. The molecular formula is C22H24N2O5S. The van der Waals surface area contributed by atoms with Gasteiger partial charge < -0.3 is 14.5 Å². The standard InChI is InChI=1S/C22H24N2O5S/c1-3-28-19-9-11-21(12-10-19)30(26,27)24(15-20-8-5-13-29-20)16-22(25)23-18-7-4-6-17(2)14-18/h4-14H,3,15-16H2,1-2H3,(H,23,25). The molecule has 1 N–H and O–H groups in total. The van der Waals surface area contributed by atoms with Gasteiger partial charge in [0.2, 0.25) is 15.9 Å². The number of benzene rings is 2. The molecule has 0 aliphatic carbocycles. The number of sulfonamides is 1. The number of carbonyl (C=O) groups excluding carboxylic acids is 1. The fraction of sp³-hybridized carbons (Fsp3) is 0.227. The molecule has 0 fully saturated rings. The van der Waals surface area contributed by atoms with Crippen molar-refractivity contribution in [2.45, 2.75) is 25.3 Å². The highest BCUT2D eigenvalue weighted by Crippen LogP contribution is 2.22. The molecule has 7 nitrogen and oxygen atoms in total. The second-order valence-corrected chi connectivity index (χ2v) is 8.61. The van der Waals surface area contributed by atoms with Gasteiger partial charge in [0, 0.05) is 5.69 Å². The number of furan rings is 1. The van der Waals surface area contributed by atoms with Crippen LogP contribution in [0.15, 0.2) is 76.2 Å². The van der Waals surface area contributed by atoms with Gasteiger partial charge in [-0.2, -0.15) is 4.31 Å². The van der Waals surface area contributed by atoms with Crippen LogP contribution in [0.5, 0.6) is 5.75 Å². The minimum atomic E-state index is -3.95. The van der Waals surface area contributed by atoms with E-state index in [1.807, 2.05) is 32.0 Å². The topological polar surface area (TPSA) is 88.9 Å². The average molecular weight is 429 g/mol. The first-order valence-corrected chi connectivity index (χ1v) is 10.9. The number of nitrogens with zero attached hydrogens (tertiary/aromatic N) is 1. The molecule has 0 spiro atoms. The molecule has 3 rings (SSSR count). The van der Waals surface area contributed by atoms with Crippen LogP contribution in [0.25, 0.3) is 0 Å². The fourth-order valence-corrected chi connectivity index (χ4v) is 4.27. The smallest absolute Gasteiger partial charge is 0.243 e. The van der Waals surface area contributed by atoms with Gasteiger partial charge in [-0.3, -0.25) is 4.79 Å². The lowest BCUT2D eigenvalue weighted by Crippen LogP contribution is -2.37. The molecule has 0 saturated heterocycles. The fourth-order valence-electron chi connectivity index (χ4n) is 2.91. The minimum Gasteiger partial charge on any atom is -0.494 e. The van der Waals surface area contributed by atoms with Crippen molar-refractivity contribution < 1.29 is 22.4 Å². The summed E-state index contributed by atoms with van der Waals surface area (Å²) in [5.74, 6) is 0.570. The van der Waals surface area contributed by atoms with Gasteiger partial charge in [0.05, 0.1) is 30.9 Å². The van der Waals surface area contributed by atoms with E-state index in [4.69, 9.17) is 9.15 Å². The zero-order valence-electron chi connectivity index (χ0n) is 16.9. The lowest BCUT2D eigenvalue weighted by Gasteiger charge is -2.21. The van der Waals surface area contributed by atoms with Crippen LogP contribution in [0.2, 0.25) is 0 Å². The Bertz CT molecular complexity index is 1080. The molecule has 0 aliphatic heterocycles. The Hall–Kier alpha value is -3.10. The third kappa shape index (κ3) is 5.49. The van der Waals surface area contributed by atoms with Gasteiger partial charge >= 0.3 is 0 Å². The van der Waals surface area contributed by atoms with Gasteiger partial charge in [-0.25, -0.2) is 8.42 Å². The lowest BCUT2D eigenvalue weighted by atomic mass is 10.2. The molecule has 2 aromatic carbocycles. The van der Waals surface area contributed by atoms with Crippen molar-refractivity contribution in [2.24, 2.45) is 0 Å². The number of hydrogen-bond donors (Lipinski definition) is 1. The van der Waals surface area contributed by atoms with Gasteiger partial charge in [0.1, 0.15) is 11.5 Å². The second kappa shape index (κ2) is 9.60. The Morgan fingerprint density at radius 1 is 1.10 bits per heavy atom. The van der Waals surface area contributed by atoms with Gasteiger partial charge in [-0.1, -0.05) is 12.1 Å². The molecule has 0 bridgehead atoms. The van der Waals surface area contributed by atoms with Crippen molar-refractivity contribution in [1.82, 2.24) is 4.31 Å². The average Bonchev–Trinajstić information content (AvgIpc) is 3.21. The van der Waals surface area contributed by atoms with E-state index < -0.39 is 15.9 Å². The monoisotopic (exact) mass is 428 g/mol. The van der Waals surface area contributed by atoms with Crippen LogP contribution >= 0.6 is 0 Å². The van der Waals surface area contributed by atoms with Crippen LogP contribution < -0.4 is 10.1 Å². The van der Waals surface area contributed by atoms with Gasteiger partial charge in [0.15, 0.2) is 0 Å². The molecule has 1 amide bonds. The largest absolute Gasteiger partial charge is 0.494 e. The summed E-state index contributed by atoms with van der Waals surface area (Å²) >= 11 is 0. The summed E-state index contributed by atoms with van der Waals surface area (Å²) in [6.07, 6.45) is 1.46. The number of carbonyl (C=O) groups is 1. The molecule has 8 heteroatoms. The molecule has 0 aliphatic rings. The van der Waals surface area contributed by atoms with Crippen molar-refractivity contribution in [3.8, 4) is 5.75 Å². The van der Waals surface area contributed by atoms with E-state index in [9.17, 15) is 13.2 Å². The Kier molecular flexibility index (Phi) is 6.91. The third-order valence-electron chi connectivity index (χ3n) is 4.31. The molecule has 0 atom stereocenters. The summed E-state index contributed by atoms with van der Waals surface area (Å²) in [4.78, 5) is 12.7. The normalized spacial score (nSPS) is 11.4. The van der Waals surface area contributed by atoms with E-state index in [2.05, 4.69) is 5.32 Å². The minimum absolute atomic E-state index is 0.0657. The van der Waals surface area contributed by atoms with E-state index in [-0.39, 0.29) is 18.0 Å². The quantitative estimate of drug-likeness (QED) is 0.560. The zero-order valence-corrected chi connectivity index (χ0v) is 17.7. The Balaban J connectivity index is 1.82. The first-order chi connectivity index (χ1) is 14.4. The molecule has 1 aromatic heterocycles. The van der Waals surface area contributed by atoms with Gasteiger partial charge in [-0.15, -0.1) is 0 Å². The predicted molar refractivity (Wildman–Crippen MR) is 114 cm³/mol. The van der Waals surface area contributed by atoms with Crippen molar-refractivity contribution in [3.63, 3.8) is 0 Å². The van der Waals surface area contributed by atoms with Crippen molar-refractivity contribution in [1.29, 1.82) is 0 Å². The number of ether oxygens (including phenoxy) is 1. The molecule has 1 heterocycles. The summed E-state index contributed by atoms with van der Waals surface area (Å²) in [6, 6.07) is 16.8. The third-order valence-corrected chi connectivity index (χ3v) is 6.11. The summed E-state index contributed by atoms with van der Waals surface area (Å²) in [7, 11) is -3.95. The van der Waals surface area contributed by atoms with Crippen LogP contribution in [0.1, 0.15) is 18.2 Å². The van der Waals surface area contributed by atoms with Gasteiger partial charge in [0.25, 0.3) is 0 Å². The maximum atomic E-state index is 13.2. The first kappa shape index (κ1) is 21.6. The van der Waals surface area contributed by atoms with Crippen molar-refractivity contribution in [2.75, 3.05) is 18.5 Å². The Morgan fingerprint density at radius 2 is 1.87 bits per heavy atom. The zero-order chi connectivity index (χ0) is 21.6. The SMILES string of the molecule is CCOc1ccc(S(=O)(=O)N(CC(=O)Nc2cccc(C)c2)Cc2ccco2)cc1. The Morgan fingerprint density at radius 3 is 2.50 bits per heavy atom. The van der Waals surface area contributed by atoms with E-state index in [1.54, 1.807) is 30.3 Å². The van der Waals surface area contributed by atoms with Crippen molar-refractivity contribution >= 4 is 21.6 Å². The highest BCUT2D eigenvalue weighted by Gasteiger charge is 2.28. The number of anilines is 1. The molecule has 0 unspecified atom stereocenters. The van der Waals surface area contributed by atoms with E-state index in [0.29, 0.717) is 23.8 Å². The van der Waals surface area contributed by atoms with E-state index in [1.165, 1.54) is 18.4 Å². The van der Waals surface area contributed by atoms with Gasteiger partial charge in [-0.05, 0) is 67.9 Å². The maximum Gasteiger partial charge on any atom is 0.243 e. The van der Waals surface area contributed by atoms with Crippen LogP contribution in [0.4, 0.5) is 5.69 Å². The van der Waals surface area contributed by atoms with Crippen molar-refractivity contribution in [3.05, 3.63) is 78.3 Å². The van der Waals surface area contributed by atoms with Crippen LogP contribution in [0, 0.1) is 6.92 Å². The van der Waals surface area contributed by atoms with Crippen LogP contribution in [-0.4, -0.2) is 31.8 Å². The molecule has 30 heavy (non-hydrogen) atoms. The molecular weight excluding hydrogens is 404 g/mol. The molecule has 0 radical (unpaired) electrons. The summed E-state index contributed by atoms with van der Waals surface area (Å²) in [6.45, 7) is 3.82. The van der Waals surface area contributed by atoms with Crippen LogP contribution in [0.3, 0.4) is 0 Å². The van der Waals surface area contributed by atoms with E-state index in [0.717, 1.165) is 9.87 Å². The predicted octanol–water partition coefficient (Wildman–Crippen LogP) is 3.82. The lowest BCUT2D eigenvalue weighted by molar-refractivity contribution is -0.116. The summed E-state index contributed by atoms with van der Waals surface area (Å²) in [5, 5.41) is 2.75. The Labute approximate surface area is 176 Å². The van der Waals surface area contributed by atoms with E-state index >= 15 is 0 Å². The number of amides is 1. The summed E-state index contributed by atoms with van der Waals surface area (Å²) < 4.78 is 38.2. The number of hydrogen-bond acceptors (Lipinski definition) is 5. The number of rotatable bonds is 9. The highest BCUT2D eigenvalue weighted by molar-refractivity contribution is 7.89. The van der Waals surface area contributed by atoms with Crippen LogP contribution in [-0.2, 0) is 21.4 Å². The molecule has 158 valence electrons. The molecule has 0 saturated carbocycles. The summed E-state index contributed by atoms with van der Waals surface area (Å²) in [5.41, 5.74) is 1.60. The first-order valence-electron chi connectivity index (χ1n) is 9.50. The maximum absolute atomic E-state index is 13.2. The number of aryl methyl sites for hydroxylation is 1.